The number of aromatic nitrogens is 1. The third kappa shape index (κ3) is 4.77. The number of aliphatic imine (C=N–C) groups is 1. The van der Waals surface area contributed by atoms with E-state index in [1.807, 2.05) is 49.4 Å². The summed E-state index contributed by atoms with van der Waals surface area (Å²) in [5.41, 5.74) is 5.41. The first-order chi connectivity index (χ1) is 16.6. The minimum Gasteiger partial charge on any atom is -0.494 e. The van der Waals surface area contributed by atoms with Crippen LogP contribution in [0, 0.1) is 6.92 Å². The molecule has 1 fully saturated rings. The van der Waals surface area contributed by atoms with E-state index in [1.165, 1.54) is 22.9 Å². The molecule has 34 heavy (non-hydrogen) atoms. The molecular formula is C28H25N3O2S. The van der Waals surface area contributed by atoms with E-state index in [2.05, 4.69) is 64.4 Å². The number of nitrogens with one attached hydrogen (secondary N) is 1. The van der Waals surface area contributed by atoms with Crippen molar-refractivity contribution in [2.24, 2.45) is 4.99 Å². The highest BCUT2D eigenvalue weighted by Gasteiger charge is 2.24. The summed E-state index contributed by atoms with van der Waals surface area (Å²) >= 11 is 1.36. The highest BCUT2D eigenvalue weighted by atomic mass is 32.2. The topological polar surface area (TPSA) is 55.6 Å². The van der Waals surface area contributed by atoms with Crippen molar-refractivity contribution in [3.05, 3.63) is 101 Å². The van der Waals surface area contributed by atoms with Gasteiger partial charge in [-0.25, -0.2) is 4.99 Å². The molecule has 1 aliphatic rings. The van der Waals surface area contributed by atoms with Gasteiger partial charge in [0.25, 0.3) is 5.91 Å². The molecule has 1 aliphatic heterocycles. The zero-order chi connectivity index (χ0) is 23.5. The van der Waals surface area contributed by atoms with Crippen LogP contribution < -0.4 is 10.1 Å². The number of aryl methyl sites for hydroxylation is 1. The molecule has 0 bridgehead atoms. The molecule has 0 atom stereocenters. The van der Waals surface area contributed by atoms with Crippen LogP contribution in [-0.2, 0) is 11.3 Å². The summed E-state index contributed by atoms with van der Waals surface area (Å²) in [6.45, 7) is 5.44. The maximum absolute atomic E-state index is 12.7. The van der Waals surface area contributed by atoms with E-state index in [-0.39, 0.29) is 5.91 Å². The van der Waals surface area contributed by atoms with E-state index in [1.54, 1.807) is 0 Å². The summed E-state index contributed by atoms with van der Waals surface area (Å²) in [5.74, 6) is 0.669. The number of hydrogen-bond donors (Lipinski definition) is 1. The van der Waals surface area contributed by atoms with Crippen LogP contribution >= 0.6 is 11.8 Å². The molecule has 170 valence electrons. The lowest BCUT2D eigenvalue weighted by Crippen LogP contribution is -2.19. The molecule has 0 unspecified atom stereocenters. The molecule has 3 aromatic carbocycles. The lowest BCUT2D eigenvalue weighted by molar-refractivity contribution is -0.115. The summed E-state index contributed by atoms with van der Waals surface area (Å²) in [6, 6.07) is 24.4. The fraction of sp³-hybridized carbons (Fsp3) is 0.143. The van der Waals surface area contributed by atoms with Gasteiger partial charge in [0.1, 0.15) is 5.75 Å². The minimum atomic E-state index is -0.134. The predicted octanol–water partition coefficient (Wildman–Crippen LogP) is 6.29. The number of ether oxygens (including phenoxy) is 1. The number of benzene rings is 3. The zero-order valence-corrected chi connectivity index (χ0v) is 19.9. The van der Waals surface area contributed by atoms with Gasteiger partial charge in [-0.2, -0.15) is 0 Å². The Morgan fingerprint density at radius 1 is 1.03 bits per heavy atom. The third-order valence-electron chi connectivity index (χ3n) is 5.61. The van der Waals surface area contributed by atoms with E-state index in [9.17, 15) is 4.79 Å². The molecule has 5 nitrogen and oxygen atoms in total. The van der Waals surface area contributed by atoms with Gasteiger partial charge < -0.3 is 14.6 Å². The number of para-hydroxylation sites is 1. The smallest absolute Gasteiger partial charge is 0.264 e. The highest BCUT2D eigenvalue weighted by molar-refractivity contribution is 8.18. The van der Waals surface area contributed by atoms with E-state index in [0.717, 1.165) is 34.4 Å². The Bertz CT molecular complexity index is 1400. The van der Waals surface area contributed by atoms with Crippen molar-refractivity contribution in [1.29, 1.82) is 0 Å². The molecule has 2 heterocycles. The molecule has 5 rings (SSSR count). The van der Waals surface area contributed by atoms with Crippen LogP contribution in [-0.4, -0.2) is 22.2 Å². The molecule has 4 aromatic rings. The molecule has 0 saturated carbocycles. The van der Waals surface area contributed by atoms with E-state index >= 15 is 0 Å². The van der Waals surface area contributed by atoms with Gasteiger partial charge in [0, 0.05) is 29.2 Å². The van der Waals surface area contributed by atoms with Crippen molar-refractivity contribution in [2.75, 3.05) is 6.61 Å². The number of fused-ring (bicyclic) bond motifs is 1. The lowest BCUT2D eigenvalue weighted by atomic mass is 10.1. The van der Waals surface area contributed by atoms with E-state index < -0.39 is 0 Å². The summed E-state index contributed by atoms with van der Waals surface area (Å²) in [5, 5.41) is 4.57. The van der Waals surface area contributed by atoms with Crippen LogP contribution in [0.1, 0.15) is 23.6 Å². The van der Waals surface area contributed by atoms with Crippen molar-refractivity contribution in [3.8, 4) is 5.75 Å². The van der Waals surface area contributed by atoms with Gasteiger partial charge in [0.2, 0.25) is 0 Å². The van der Waals surface area contributed by atoms with Crippen LogP contribution in [0.15, 0.2) is 88.9 Å². The number of thioether (sulfide) groups is 1. The number of rotatable bonds is 6. The molecule has 1 saturated heterocycles. The van der Waals surface area contributed by atoms with Gasteiger partial charge in [-0.1, -0.05) is 48.0 Å². The Hall–Kier alpha value is -3.77. The second-order valence-corrected chi connectivity index (χ2v) is 9.15. The summed E-state index contributed by atoms with van der Waals surface area (Å²) < 4.78 is 7.71. The number of nitrogens with zero attached hydrogens (tertiary/aromatic N) is 2. The molecule has 0 spiro atoms. The van der Waals surface area contributed by atoms with Crippen LogP contribution in [0.25, 0.3) is 17.0 Å². The molecule has 0 radical (unpaired) electrons. The van der Waals surface area contributed by atoms with Crippen molar-refractivity contribution in [3.63, 3.8) is 0 Å². The first kappa shape index (κ1) is 22.0. The molecule has 1 amide bonds. The van der Waals surface area contributed by atoms with Gasteiger partial charge in [-0.3, -0.25) is 4.79 Å². The second-order valence-electron chi connectivity index (χ2n) is 8.12. The van der Waals surface area contributed by atoms with Gasteiger partial charge in [-0.05, 0) is 67.6 Å². The van der Waals surface area contributed by atoms with Crippen LogP contribution in [0.2, 0.25) is 0 Å². The average Bonchev–Trinajstić information content (AvgIpc) is 3.36. The van der Waals surface area contributed by atoms with Crippen molar-refractivity contribution in [2.45, 2.75) is 20.4 Å². The van der Waals surface area contributed by atoms with Crippen molar-refractivity contribution < 1.29 is 9.53 Å². The third-order valence-corrected chi connectivity index (χ3v) is 6.52. The fourth-order valence-corrected chi connectivity index (χ4v) is 4.77. The van der Waals surface area contributed by atoms with Crippen LogP contribution in [0.3, 0.4) is 0 Å². The van der Waals surface area contributed by atoms with Crippen LogP contribution in [0.5, 0.6) is 5.75 Å². The molecule has 6 heteroatoms. The Morgan fingerprint density at radius 2 is 1.79 bits per heavy atom. The van der Waals surface area contributed by atoms with Gasteiger partial charge >= 0.3 is 0 Å². The van der Waals surface area contributed by atoms with Crippen molar-refractivity contribution >= 4 is 45.5 Å². The SMILES string of the molecule is CCOc1ccc(N=C2NC(=O)/C(=C\c3cn(Cc4ccc(C)cc4)c4ccccc34)S2)cc1. The minimum absolute atomic E-state index is 0.134. The standard InChI is InChI=1S/C28H25N3O2S/c1-3-33-23-14-12-22(13-15-23)29-28-30-27(32)26(34-28)16-21-18-31(25-7-5-4-6-24(21)25)17-20-10-8-19(2)9-11-20/h4-16,18H,3,17H2,1-2H3,(H,29,30,32)/b26-16+. The average molecular weight is 468 g/mol. The number of hydrogen-bond acceptors (Lipinski definition) is 4. The number of amides is 1. The Labute approximate surface area is 203 Å². The number of amidine groups is 1. The Balaban J connectivity index is 1.41. The highest BCUT2D eigenvalue weighted by Crippen LogP contribution is 2.31. The lowest BCUT2D eigenvalue weighted by Gasteiger charge is -2.06. The fourth-order valence-electron chi connectivity index (χ4n) is 3.93. The van der Waals surface area contributed by atoms with Gasteiger partial charge in [-0.15, -0.1) is 0 Å². The van der Waals surface area contributed by atoms with Crippen molar-refractivity contribution in [1.82, 2.24) is 9.88 Å². The molecule has 1 N–H and O–H groups in total. The second kappa shape index (κ2) is 9.61. The molecule has 0 aliphatic carbocycles. The first-order valence-electron chi connectivity index (χ1n) is 11.2. The normalized spacial score (nSPS) is 15.9. The van der Waals surface area contributed by atoms with Crippen LogP contribution in [0.4, 0.5) is 5.69 Å². The summed E-state index contributed by atoms with van der Waals surface area (Å²) in [7, 11) is 0. The first-order valence-corrected chi connectivity index (χ1v) is 12.1. The number of carbonyl (C=O) groups excluding carboxylic acids is 1. The van der Waals surface area contributed by atoms with Gasteiger partial charge in [0.15, 0.2) is 5.17 Å². The Kier molecular flexibility index (Phi) is 6.23. The Morgan fingerprint density at radius 3 is 2.56 bits per heavy atom. The molecular weight excluding hydrogens is 442 g/mol. The summed E-state index contributed by atoms with van der Waals surface area (Å²) in [4.78, 5) is 17.9. The maximum atomic E-state index is 12.7. The van der Waals surface area contributed by atoms with E-state index in [4.69, 9.17) is 4.74 Å². The number of carbonyl (C=O) groups is 1. The van der Waals surface area contributed by atoms with Gasteiger partial charge in [0.05, 0.1) is 17.2 Å². The summed E-state index contributed by atoms with van der Waals surface area (Å²) in [6.07, 6.45) is 4.07. The largest absolute Gasteiger partial charge is 0.494 e. The quantitative estimate of drug-likeness (QED) is 0.339. The maximum Gasteiger partial charge on any atom is 0.264 e. The zero-order valence-electron chi connectivity index (χ0n) is 19.1. The molecule has 1 aromatic heterocycles. The van der Waals surface area contributed by atoms with E-state index in [0.29, 0.717) is 16.7 Å². The monoisotopic (exact) mass is 467 g/mol. The predicted molar refractivity (Wildman–Crippen MR) is 141 cm³/mol.